The van der Waals surface area contributed by atoms with Crippen molar-refractivity contribution < 1.29 is 18.4 Å². The summed E-state index contributed by atoms with van der Waals surface area (Å²) in [6.45, 7) is 19.0. The SMILES string of the molecule is C[Si](C)(C)ON(CCC[SiH3])C(=O)N(O[Si](C)(C)C)O[Si](C)(C)C. The molecule has 0 aromatic carbocycles. The van der Waals surface area contributed by atoms with E-state index in [1.807, 2.05) is 39.3 Å². The van der Waals surface area contributed by atoms with Crippen LogP contribution in [-0.4, -0.2) is 58.1 Å². The molecule has 138 valence electrons. The first-order chi connectivity index (χ1) is 10.1. The lowest BCUT2D eigenvalue weighted by Gasteiger charge is -2.37. The van der Waals surface area contributed by atoms with Crippen molar-refractivity contribution in [3.05, 3.63) is 0 Å². The minimum Gasteiger partial charge on any atom is -0.316 e. The monoisotopic (exact) mass is 396 g/mol. The van der Waals surface area contributed by atoms with Crippen molar-refractivity contribution in [1.82, 2.24) is 10.3 Å². The van der Waals surface area contributed by atoms with Crippen molar-refractivity contribution in [1.29, 1.82) is 0 Å². The molecule has 0 radical (unpaired) electrons. The quantitative estimate of drug-likeness (QED) is 0.443. The highest BCUT2D eigenvalue weighted by atomic mass is 28.4. The predicted octanol–water partition coefficient (Wildman–Crippen LogP) is 3.18. The van der Waals surface area contributed by atoms with E-state index in [2.05, 4.69) is 19.6 Å². The zero-order valence-corrected chi connectivity index (χ0v) is 21.6. The summed E-state index contributed by atoms with van der Waals surface area (Å²) >= 11 is 0. The third-order valence-electron chi connectivity index (χ3n) is 2.18. The Morgan fingerprint density at radius 1 is 0.826 bits per heavy atom. The number of carbonyl (C=O) groups is 1. The van der Waals surface area contributed by atoms with Gasteiger partial charge in [-0.25, -0.2) is 9.86 Å². The fraction of sp³-hybridized carbons (Fsp3) is 0.923. The number of amides is 2. The second-order valence-electron chi connectivity index (χ2n) is 8.61. The van der Waals surface area contributed by atoms with E-state index in [1.165, 1.54) is 5.06 Å². The number of nitrogens with zero attached hydrogens (tertiary/aromatic N) is 2. The van der Waals surface area contributed by atoms with E-state index in [4.69, 9.17) is 13.6 Å². The standard InChI is InChI=1S/C13H36N2O4Si4/c1-21(2,3)17-14(11-10-12-20)13(16)15(18-22(4,5)6)19-23(7,8)9/h10-12H2,1-9,20H3. The first kappa shape index (κ1) is 23.0. The van der Waals surface area contributed by atoms with Gasteiger partial charge in [-0.05, 0) is 65.3 Å². The first-order valence-electron chi connectivity index (χ1n) is 8.33. The van der Waals surface area contributed by atoms with Gasteiger partial charge in [0.25, 0.3) is 0 Å². The molecule has 0 fully saturated rings. The van der Waals surface area contributed by atoms with Crippen LogP contribution >= 0.6 is 0 Å². The zero-order chi connectivity index (χ0) is 18.5. The summed E-state index contributed by atoms with van der Waals surface area (Å²) in [7, 11) is -4.73. The lowest BCUT2D eigenvalue weighted by molar-refractivity contribution is -0.243. The Bertz CT molecular complexity index is 362. The van der Waals surface area contributed by atoms with E-state index >= 15 is 0 Å². The van der Waals surface area contributed by atoms with Gasteiger partial charge in [0.05, 0.1) is 0 Å². The molecule has 0 aliphatic rings. The van der Waals surface area contributed by atoms with E-state index < -0.39 is 25.0 Å². The molecule has 0 aliphatic carbocycles. The average Bonchev–Trinajstić information content (AvgIpc) is 2.27. The van der Waals surface area contributed by atoms with Crippen LogP contribution in [0, 0.1) is 0 Å². The smallest absolute Gasteiger partial charge is 0.316 e. The average molecular weight is 397 g/mol. The number of urea groups is 1. The molecule has 0 N–H and O–H groups in total. The van der Waals surface area contributed by atoms with Gasteiger partial charge in [-0.1, -0.05) is 11.3 Å². The summed E-state index contributed by atoms with van der Waals surface area (Å²) in [5.74, 6) is 0. The molecule has 0 aromatic rings. The second-order valence-corrected chi connectivity index (χ2v) is 22.8. The van der Waals surface area contributed by atoms with Gasteiger partial charge in [0.15, 0.2) is 0 Å². The largest absolute Gasteiger partial charge is 0.390 e. The van der Waals surface area contributed by atoms with Gasteiger partial charge in [-0.2, -0.15) is 0 Å². The van der Waals surface area contributed by atoms with Crippen LogP contribution in [0.3, 0.4) is 0 Å². The molecule has 0 atom stereocenters. The Balaban J connectivity index is 5.29. The molecular weight excluding hydrogens is 360 g/mol. The molecule has 0 heterocycles. The Morgan fingerprint density at radius 2 is 1.22 bits per heavy atom. The van der Waals surface area contributed by atoms with Crippen LogP contribution in [-0.2, 0) is 13.6 Å². The number of rotatable bonds is 9. The van der Waals surface area contributed by atoms with Crippen molar-refractivity contribution in [2.24, 2.45) is 0 Å². The van der Waals surface area contributed by atoms with Crippen molar-refractivity contribution in [3.63, 3.8) is 0 Å². The van der Waals surface area contributed by atoms with E-state index in [9.17, 15) is 4.79 Å². The molecule has 6 nitrogen and oxygen atoms in total. The Labute approximate surface area is 148 Å². The van der Waals surface area contributed by atoms with E-state index in [0.29, 0.717) is 6.54 Å². The maximum absolute atomic E-state index is 12.9. The highest BCUT2D eigenvalue weighted by molar-refractivity contribution is 6.71. The predicted molar refractivity (Wildman–Crippen MR) is 107 cm³/mol. The van der Waals surface area contributed by atoms with E-state index in [0.717, 1.165) is 27.9 Å². The zero-order valence-electron chi connectivity index (χ0n) is 16.6. The molecule has 0 spiro atoms. The molecular formula is C13H36N2O4Si4. The van der Waals surface area contributed by atoms with Crippen LogP contribution < -0.4 is 0 Å². The van der Waals surface area contributed by atoms with Crippen LogP contribution in [0.2, 0.25) is 65.0 Å². The van der Waals surface area contributed by atoms with Gasteiger partial charge in [0.1, 0.15) is 0 Å². The number of hydrogen-bond acceptors (Lipinski definition) is 4. The van der Waals surface area contributed by atoms with Gasteiger partial charge in [0, 0.05) is 16.8 Å². The summed E-state index contributed by atoms with van der Waals surface area (Å²) < 4.78 is 17.8. The second kappa shape index (κ2) is 8.92. The third kappa shape index (κ3) is 12.1. The summed E-state index contributed by atoms with van der Waals surface area (Å²) in [6, 6.07) is 0.787. The summed E-state index contributed by atoms with van der Waals surface area (Å²) in [4.78, 5) is 12.9. The fourth-order valence-electron chi connectivity index (χ4n) is 1.50. The Kier molecular flexibility index (Phi) is 8.93. The molecule has 0 saturated carbocycles. The van der Waals surface area contributed by atoms with Crippen LogP contribution in [0.15, 0.2) is 0 Å². The third-order valence-corrected chi connectivity index (χ3v) is 5.08. The molecule has 0 aliphatic heterocycles. The van der Waals surface area contributed by atoms with Crippen LogP contribution in [0.4, 0.5) is 4.79 Å². The van der Waals surface area contributed by atoms with E-state index in [1.54, 1.807) is 0 Å². The molecule has 0 unspecified atom stereocenters. The van der Waals surface area contributed by atoms with Crippen LogP contribution in [0.25, 0.3) is 0 Å². The maximum Gasteiger partial charge on any atom is 0.390 e. The van der Waals surface area contributed by atoms with Gasteiger partial charge < -0.3 is 4.53 Å². The molecule has 0 bridgehead atoms. The van der Waals surface area contributed by atoms with Gasteiger partial charge in [-0.3, -0.25) is 9.05 Å². The van der Waals surface area contributed by atoms with Crippen LogP contribution in [0.5, 0.6) is 0 Å². The molecule has 2 amide bonds. The molecule has 0 saturated heterocycles. The minimum atomic E-state index is -1.98. The number of hydrogen-bond donors (Lipinski definition) is 0. The molecule has 0 aromatic heterocycles. The lowest BCUT2D eigenvalue weighted by atomic mass is 10.5. The summed E-state index contributed by atoms with van der Waals surface area (Å²) in [6.07, 6.45) is 0.941. The van der Waals surface area contributed by atoms with Crippen LogP contribution in [0.1, 0.15) is 6.42 Å². The number of carbonyl (C=O) groups excluding carboxylic acids is 1. The molecule has 0 rings (SSSR count). The van der Waals surface area contributed by atoms with Gasteiger partial charge >= 0.3 is 6.03 Å². The van der Waals surface area contributed by atoms with E-state index in [-0.39, 0.29) is 6.03 Å². The number of hydroxylamine groups is 4. The first-order valence-corrected chi connectivity index (χ1v) is 20.0. The van der Waals surface area contributed by atoms with Gasteiger partial charge in [-0.15, -0.1) is 0 Å². The van der Waals surface area contributed by atoms with Crippen molar-refractivity contribution in [2.45, 2.75) is 71.4 Å². The van der Waals surface area contributed by atoms with Gasteiger partial charge in [0.2, 0.25) is 25.0 Å². The topological polar surface area (TPSA) is 51.2 Å². The fourth-order valence-corrected chi connectivity index (χ4v) is 3.94. The molecule has 10 heteroatoms. The Morgan fingerprint density at radius 3 is 1.52 bits per heavy atom. The molecule has 23 heavy (non-hydrogen) atoms. The van der Waals surface area contributed by atoms with Crippen molar-refractivity contribution >= 4 is 41.2 Å². The summed E-state index contributed by atoms with van der Waals surface area (Å²) in [5, 5.41) is 2.55. The van der Waals surface area contributed by atoms with Crippen molar-refractivity contribution in [3.8, 4) is 0 Å². The Hall–Kier alpha value is 0.0175. The minimum absolute atomic E-state index is 0.340. The summed E-state index contributed by atoms with van der Waals surface area (Å²) in [5.41, 5.74) is 0. The highest BCUT2D eigenvalue weighted by Crippen LogP contribution is 2.18. The normalized spacial score (nSPS) is 13.3. The highest BCUT2D eigenvalue weighted by Gasteiger charge is 2.35. The maximum atomic E-state index is 12.9. The lowest BCUT2D eigenvalue weighted by Crippen LogP contribution is -2.53. The van der Waals surface area contributed by atoms with Crippen molar-refractivity contribution in [2.75, 3.05) is 6.54 Å².